The third-order valence-corrected chi connectivity index (χ3v) is 5.31. The number of hydrogen-bond acceptors (Lipinski definition) is 5. The SMILES string of the molecule is Cc1c(Cl)cc(CCNc2ncnc3nc[nH]c23)c(-c2cc(F)cc(F)c2)c1C(N)=O. The van der Waals surface area contributed by atoms with Gasteiger partial charge in [-0.05, 0) is 53.8 Å². The van der Waals surface area contributed by atoms with Crippen molar-refractivity contribution in [2.24, 2.45) is 5.73 Å². The zero-order chi connectivity index (χ0) is 22.1. The van der Waals surface area contributed by atoms with E-state index in [0.29, 0.717) is 51.7 Å². The summed E-state index contributed by atoms with van der Waals surface area (Å²) in [5.74, 6) is -1.70. The molecule has 1 amide bonds. The van der Waals surface area contributed by atoms with Crippen LogP contribution in [0.25, 0.3) is 22.3 Å². The lowest BCUT2D eigenvalue weighted by atomic mass is 9.89. The van der Waals surface area contributed by atoms with Gasteiger partial charge in [-0.15, -0.1) is 0 Å². The number of carbonyl (C=O) groups excluding carboxylic acids is 1. The number of halogens is 3. The first kappa shape index (κ1) is 20.7. The molecular formula is C21H17ClF2N6O. The summed E-state index contributed by atoms with van der Waals surface area (Å²) in [5, 5.41) is 3.51. The molecule has 0 unspecified atom stereocenters. The number of fused-ring (bicyclic) bond motifs is 1. The highest BCUT2D eigenvalue weighted by Crippen LogP contribution is 2.35. The monoisotopic (exact) mass is 442 g/mol. The number of anilines is 1. The number of nitrogens with zero attached hydrogens (tertiary/aromatic N) is 3. The smallest absolute Gasteiger partial charge is 0.249 e. The van der Waals surface area contributed by atoms with E-state index in [0.717, 1.165) is 18.2 Å². The lowest BCUT2D eigenvalue weighted by Crippen LogP contribution is -2.17. The van der Waals surface area contributed by atoms with E-state index in [-0.39, 0.29) is 11.1 Å². The Labute approximate surface area is 180 Å². The summed E-state index contributed by atoms with van der Waals surface area (Å²) in [6, 6.07) is 4.76. The van der Waals surface area contributed by atoms with Crippen LogP contribution in [0.3, 0.4) is 0 Å². The zero-order valence-corrected chi connectivity index (χ0v) is 17.1. The molecule has 0 bridgehead atoms. The summed E-state index contributed by atoms with van der Waals surface area (Å²) in [5.41, 5.74) is 8.51. The molecule has 0 saturated carbocycles. The Morgan fingerprint density at radius 3 is 2.61 bits per heavy atom. The lowest BCUT2D eigenvalue weighted by molar-refractivity contribution is 0.1000. The molecule has 0 radical (unpaired) electrons. The quantitative estimate of drug-likeness (QED) is 0.418. The molecule has 10 heteroatoms. The largest absolute Gasteiger partial charge is 0.368 e. The summed E-state index contributed by atoms with van der Waals surface area (Å²) in [6.45, 7) is 2.02. The number of H-pyrrole nitrogens is 1. The van der Waals surface area contributed by atoms with Crippen molar-refractivity contribution in [3.05, 3.63) is 70.3 Å². The zero-order valence-electron chi connectivity index (χ0n) is 16.3. The van der Waals surface area contributed by atoms with E-state index in [1.54, 1.807) is 13.0 Å². The Kier molecular flexibility index (Phi) is 5.51. The van der Waals surface area contributed by atoms with Crippen LogP contribution in [0.2, 0.25) is 5.02 Å². The molecule has 158 valence electrons. The molecule has 7 nitrogen and oxygen atoms in total. The standard InChI is InChI=1S/C21H17ClF2N6O/c1-10-15(22)6-11(2-3-26-20-18-21(28-8-27-18)30-9-29-20)17(16(10)19(25)31)12-4-13(23)7-14(24)5-12/h4-9H,2-3H2,1H3,(H2,25,31)(H2,26,27,28,29,30). The fourth-order valence-corrected chi connectivity index (χ4v) is 3.77. The van der Waals surface area contributed by atoms with Crippen LogP contribution in [0.4, 0.5) is 14.6 Å². The number of nitrogens with one attached hydrogen (secondary N) is 2. The molecule has 0 fully saturated rings. The normalized spacial score (nSPS) is 11.1. The van der Waals surface area contributed by atoms with Crippen LogP contribution in [0.5, 0.6) is 0 Å². The highest BCUT2D eigenvalue weighted by molar-refractivity contribution is 6.32. The molecule has 0 atom stereocenters. The molecule has 0 spiro atoms. The Hall–Kier alpha value is -3.59. The lowest BCUT2D eigenvalue weighted by Gasteiger charge is -2.18. The number of nitrogens with two attached hydrogens (primary N) is 1. The van der Waals surface area contributed by atoms with Crippen molar-refractivity contribution in [2.75, 3.05) is 11.9 Å². The van der Waals surface area contributed by atoms with Gasteiger partial charge in [0.15, 0.2) is 11.5 Å². The Bertz CT molecular complexity index is 1290. The van der Waals surface area contributed by atoms with Gasteiger partial charge in [0, 0.05) is 17.6 Å². The van der Waals surface area contributed by atoms with Gasteiger partial charge in [-0.2, -0.15) is 0 Å². The fraction of sp³-hybridized carbons (Fsp3) is 0.143. The maximum atomic E-state index is 13.9. The van der Waals surface area contributed by atoms with Gasteiger partial charge >= 0.3 is 0 Å². The van der Waals surface area contributed by atoms with E-state index in [2.05, 4.69) is 25.3 Å². The third kappa shape index (κ3) is 4.04. The molecule has 31 heavy (non-hydrogen) atoms. The minimum atomic E-state index is -0.760. The molecule has 0 aliphatic heterocycles. The first-order valence-electron chi connectivity index (χ1n) is 9.31. The maximum absolute atomic E-state index is 13.9. The number of aromatic amines is 1. The summed E-state index contributed by atoms with van der Waals surface area (Å²) in [4.78, 5) is 27.5. The van der Waals surface area contributed by atoms with Gasteiger partial charge in [0.05, 0.1) is 11.9 Å². The maximum Gasteiger partial charge on any atom is 0.249 e. The molecule has 4 aromatic rings. The summed E-state index contributed by atoms with van der Waals surface area (Å²) < 4.78 is 27.9. The number of imidazole rings is 1. The van der Waals surface area contributed by atoms with Crippen molar-refractivity contribution in [1.82, 2.24) is 19.9 Å². The fourth-order valence-electron chi connectivity index (χ4n) is 3.55. The molecule has 0 aliphatic rings. The van der Waals surface area contributed by atoms with Gasteiger partial charge in [-0.25, -0.2) is 23.7 Å². The predicted octanol–water partition coefficient (Wildman–Crippen LogP) is 4.01. The summed E-state index contributed by atoms with van der Waals surface area (Å²) >= 11 is 6.33. The first-order chi connectivity index (χ1) is 14.8. The number of amides is 1. The van der Waals surface area contributed by atoms with Crippen LogP contribution in [0.15, 0.2) is 36.9 Å². The third-order valence-electron chi connectivity index (χ3n) is 4.91. The first-order valence-corrected chi connectivity index (χ1v) is 9.69. The highest BCUT2D eigenvalue weighted by atomic mass is 35.5. The molecule has 0 saturated heterocycles. The second-order valence-corrected chi connectivity index (χ2v) is 7.32. The average molecular weight is 443 g/mol. The van der Waals surface area contributed by atoms with Gasteiger partial charge in [0.25, 0.3) is 0 Å². The van der Waals surface area contributed by atoms with Crippen LogP contribution < -0.4 is 11.1 Å². The predicted molar refractivity (Wildman–Crippen MR) is 114 cm³/mol. The Morgan fingerprint density at radius 1 is 1.16 bits per heavy atom. The van der Waals surface area contributed by atoms with Crippen molar-refractivity contribution in [3.8, 4) is 11.1 Å². The number of carbonyl (C=O) groups is 1. The van der Waals surface area contributed by atoms with Crippen LogP contribution in [0, 0.1) is 18.6 Å². The molecular weight excluding hydrogens is 426 g/mol. The average Bonchev–Trinajstić information content (AvgIpc) is 3.19. The number of rotatable bonds is 6. The van der Waals surface area contributed by atoms with E-state index in [1.165, 1.54) is 12.7 Å². The Balaban J connectivity index is 1.74. The topological polar surface area (TPSA) is 110 Å². The number of primary amides is 1. The number of hydrogen-bond donors (Lipinski definition) is 3. The highest BCUT2D eigenvalue weighted by Gasteiger charge is 2.21. The minimum absolute atomic E-state index is 0.130. The minimum Gasteiger partial charge on any atom is -0.368 e. The van der Waals surface area contributed by atoms with Crippen molar-refractivity contribution in [3.63, 3.8) is 0 Å². The molecule has 4 rings (SSSR count). The van der Waals surface area contributed by atoms with Gasteiger partial charge in [0.1, 0.15) is 23.5 Å². The molecule has 2 heterocycles. The van der Waals surface area contributed by atoms with E-state index < -0.39 is 17.5 Å². The van der Waals surface area contributed by atoms with Crippen molar-refractivity contribution in [2.45, 2.75) is 13.3 Å². The van der Waals surface area contributed by atoms with Gasteiger partial charge in [-0.3, -0.25) is 4.79 Å². The van der Waals surface area contributed by atoms with E-state index in [9.17, 15) is 13.6 Å². The van der Waals surface area contributed by atoms with Crippen LogP contribution in [0.1, 0.15) is 21.5 Å². The molecule has 2 aromatic heterocycles. The molecule has 4 N–H and O–H groups in total. The van der Waals surface area contributed by atoms with Crippen molar-refractivity contribution < 1.29 is 13.6 Å². The van der Waals surface area contributed by atoms with Crippen molar-refractivity contribution in [1.29, 1.82) is 0 Å². The van der Waals surface area contributed by atoms with Crippen LogP contribution >= 0.6 is 11.6 Å². The Morgan fingerprint density at radius 2 is 1.90 bits per heavy atom. The van der Waals surface area contributed by atoms with Gasteiger partial charge < -0.3 is 16.0 Å². The second-order valence-electron chi connectivity index (χ2n) is 6.92. The van der Waals surface area contributed by atoms with E-state index >= 15 is 0 Å². The van der Waals surface area contributed by atoms with E-state index in [4.69, 9.17) is 17.3 Å². The molecule has 2 aromatic carbocycles. The van der Waals surface area contributed by atoms with Crippen LogP contribution in [-0.2, 0) is 6.42 Å². The van der Waals surface area contributed by atoms with Crippen molar-refractivity contribution >= 4 is 34.5 Å². The summed E-state index contributed by atoms with van der Waals surface area (Å²) in [7, 11) is 0. The van der Waals surface area contributed by atoms with Gasteiger partial charge in [0.2, 0.25) is 5.91 Å². The molecule has 0 aliphatic carbocycles. The summed E-state index contributed by atoms with van der Waals surface area (Å²) in [6.07, 6.45) is 3.27. The number of aromatic nitrogens is 4. The number of benzene rings is 2. The van der Waals surface area contributed by atoms with E-state index in [1.807, 2.05) is 0 Å². The second kappa shape index (κ2) is 8.27. The van der Waals surface area contributed by atoms with Crippen LogP contribution in [-0.4, -0.2) is 32.4 Å². The van der Waals surface area contributed by atoms with Gasteiger partial charge in [-0.1, -0.05) is 11.6 Å².